The fourth-order valence-corrected chi connectivity index (χ4v) is 3.88. The molecule has 0 saturated heterocycles. The van der Waals surface area contributed by atoms with E-state index in [4.69, 9.17) is 4.74 Å². The van der Waals surface area contributed by atoms with Crippen LogP contribution in [0.1, 0.15) is 41.5 Å². The van der Waals surface area contributed by atoms with Gasteiger partial charge in [0.1, 0.15) is 5.75 Å². The summed E-state index contributed by atoms with van der Waals surface area (Å²) in [7, 11) is -3.57. The Hall–Kier alpha value is -2.51. The molecule has 0 atom stereocenters. The van der Waals surface area contributed by atoms with Crippen molar-refractivity contribution in [1.82, 2.24) is 4.31 Å². The van der Waals surface area contributed by atoms with E-state index in [1.165, 1.54) is 41.6 Å². The van der Waals surface area contributed by atoms with E-state index in [9.17, 15) is 18.0 Å². The highest BCUT2D eigenvalue weighted by Gasteiger charge is 2.22. The second-order valence-corrected chi connectivity index (χ2v) is 7.53. The average Bonchev–Trinajstić information content (AvgIpc) is 2.62. The molecule has 0 aliphatic heterocycles. The van der Waals surface area contributed by atoms with Crippen molar-refractivity contribution in [2.45, 2.75) is 25.7 Å². The van der Waals surface area contributed by atoms with Crippen LogP contribution in [-0.4, -0.2) is 37.6 Å². The summed E-state index contributed by atoms with van der Waals surface area (Å²) in [6.45, 7) is 5.70. The first-order valence-corrected chi connectivity index (χ1v) is 9.67. The Balaban J connectivity index is 2.19. The zero-order chi connectivity index (χ0) is 19.3. The molecule has 2 rings (SSSR count). The summed E-state index contributed by atoms with van der Waals surface area (Å²) in [6, 6.07) is 11.9. The van der Waals surface area contributed by atoms with Crippen LogP contribution in [0.5, 0.6) is 5.75 Å². The Bertz CT molecular complexity index is 900. The van der Waals surface area contributed by atoms with Gasteiger partial charge in [0, 0.05) is 18.7 Å². The van der Waals surface area contributed by atoms with Crippen LogP contribution in [0, 0.1) is 0 Å². The van der Waals surface area contributed by atoms with Gasteiger partial charge in [0.25, 0.3) is 0 Å². The lowest BCUT2D eigenvalue weighted by molar-refractivity contribution is 0.0733. The molecule has 7 heteroatoms. The summed E-state index contributed by atoms with van der Waals surface area (Å²) in [5.41, 5.74) is 0.660. The van der Waals surface area contributed by atoms with E-state index < -0.39 is 16.0 Å². The number of ether oxygens (including phenoxy) is 1. The van der Waals surface area contributed by atoms with E-state index in [2.05, 4.69) is 0 Å². The first-order valence-electron chi connectivity index (χ1n) is 8.23. The maximum atomic E-state index is 12.4. The fraction of sp³-hybridized carbons (Fsp3) is 0.263. The molecular formula is C19H21NO5S. The molecule has 138 valence electrons. The molecule has 0 radical (unpaired) electrons. The number of nitrogens with zero attached hydrogens (tertiary/aromatic N) is 1. The molecule has 26 heavy (non-hydrogen) atoms. The van der Waals surface area contributed by atoms with Crippen molar-refractivity contribution in [3.63, 3.8) is 0 Å². The van der Waals surface area contributed by atoms with Gasteiger partial charge in [-0.3, -0.25) is 4.79 Å². The molecular weight excluding hydrogens is 354 g/mol. The maximum absolute atomic E-state index is 12.4. The van der Waals surface area contributed by atoms with Crippen LogP contribution >= 0.6 is 0 Å². The second-order valence-electron chi connectivity index (χ2n) is 5.59. The number of benzene rings is 2. The van der Waals surface area contributed by atoms with Gasteiger partial charge in [-0.1, -0.05) is 26.0 Å². The van der Waals surface area contributed by atoms with Crippen LogP contribution in [0.2, 0.25) is 0 Å². The molecule has 0 N–H and O–H groups in total. The molecule has 0 spiro atoms. The zero-order valence-corrected chi connectivity index (χ0v) is 15.7. The first-order chi connectivity index (χ1) is 12.3. The van der Waals surface area contributed by atoms with Crippen molar-refractivity contribution in [2.24, 2.45) is 0 Å². The van der Waals surface area contributed by atoms with Gasteiger partial charge in [-0.2, -0.15) is 4.31 Å². The molecule has 0 aliphatic carbocycles. The molecule has 0 saturated carbocycles. The highest BCUT2D eigenvalue weighted by atomic mass is 32.2. The summed E-state index contributed by atoms with van der Waals surface area (Å²) in [5.74, 6) is -0.506. The molecule has 0 unspecified atom stereocenters. The minimum Gasteiger partial charge on any atom is -0.423 e. The van der Waals surface area contributed by atoms with Crippen LogP contribution in [0.25, 0.3) is 0 Å². The number of Topliss-reactive ketones (excluding diaryl/α,β-unsaturated/α-hetero) is 1. The normalized spacial score (nSPS) is 11.4. The lowest BCUT2D eigenvalue weighted by Crippen LogP contribution is -2.30. The number of hydrogen-bond donors (Lipinski definition) is 0. The van der Waals surface area contributed by atoms with Crippen LogP contribution in [0.15, 0.2) is 53.4 Å². The molecule has 0 aliphatic rings. The average molecular weight is 375 g/mol. The van der Waals surface area contributed by atoms with Crippen molar-refractivity contribution < 1.29 is 22.7 Å². The van der Waals surface area contributed by atoms with Gasteiger partial charge in [0.2, 0.25) is 10.0 Å². The van der Waals surface area contributed by atoms with E-state index >= 15 is 0 Å². The Kier molecular flexibility index (Phi) is 6.28. The van der Waals surface area contributed by atoms with E-state index in [1.54, 1.807) is 32.0 Å². The largest absolute Gasteiger partial charge is 0.423 e. The number of ketones is 1. The predicted molar refractivity (Wildman–Crippen MR) is 98.0 cm³/mol. The number of hydrogen-bond acceptors (Lipinski definition) is 5. The summed E-state index contributed by atoms with van der Waals surface area (Å²) in [5, 5.41) is 0. The van der Waals surface area contributed by atoms with Gasteiger partial charge in [-0.05, 0) is 43.3 Å². The van der Waals surface area contributed by atoms with Crippen molar-refractivity contribution in [1.29, 1.82) is 0 Å². The van der Waals surface area contributed by atoms with E-state index in [1.807, 2.05) is 0 Å². The van der Waals surface area contributed by atoms with Crippen molar-refractivity contribution in [2.75, 3.05) is 13.1 Å². The minimum absolute atomic E-state index is 0.122. The summed E-state index contributed by atoms with van der Waals surface area (Å²) < 4.78 is 31.5. The van der Waals surface area contributed by atoms with Crippen LogP contribution in [0.4, 0.5) is 0 Å². The minimum atomic E-state index is -3.57. The predicted octanol–water partition coefficient (Wildman–Crippen LogP) is 3.14. The topological polar surface area (TPSA) is 80.8 Å². The molecule has 0 heterocycles. The summed E-state index contributed by atoms with van der Waals surface area (Å²) >= 11 is 0. The van der Waals surface area contributed by atoms with Crippen molar-refractivity contribution in [3.05, 3.63) is 59.7 Å². The number of carbonyl (C=O) groups is 2. The maximum Gasteiger partial charge on any atom is 0.343 e. The number of esters is 1. The van der Waals surface area contributed by atoms with E-state index in [0.717, 1.165) is 0 Å². The van der Waals surface area contributed by atoms with Crippen LogP contribution in [0.3, 0.4) is 0 Å². The van der Waals surface area contributed by atoms with Gasteiger partial charge in [0.05, 0.1) is 10.5 Å². The molecule has 0 aromatic heterocycles. The number of carbonyl (C=O) groups excluding carboxylic acids is 2. The highest BCUT2D eigenvalue weighted by Crippen LogP contribution is 2.19. The van der Waals surface area contributed by atoms with Crippen molar-refractivity contribution in [3.8, 4) is 5.75 Å². The Morgan fingerprint density at radius 3 is 2.12 bits per heavy atom. The number of rotatable bonds is 7. The van der Waals surface area contributed by atoms with E-state index in [0.29, 0.717) is 18.7 Å². The molecule has 0 bridgehead atoms. The zero-order valence-electron chi connectivity index (χ0n) is 14.9. The monoisotopic (exact) mass is 375 g/mol. The molecule has 2 aromatic rings. The second kappa shape index (κ2) is 8.25. The third-order valence-corrected chi connectivity index (χ3v) is 5.95. The van der Waals surface area contributed by atoms with Gasteiger partial charge >= 0.3 is 5.97 Å². The highest BCUT2D eigenvalue weighted by molar-refractivity contribution is 7.89. The molecule has 0 fully saturated rings. The van der Waals surface area contributed by atoms with Crippen LogP contribution < -0.4 is 4.74 Å². The lowest BCUT2D eigenvalue weighted by Gasteiger charge is -2.18. The van der Waals surface area contributed by atoms with Gasteiger partial charge in [-0.15, -0.1) is 0 Å². The fourth-order valence-electron chi connectivity index (χ4n) is 2.42. The lowest BCUT2D eigenvalue weighted by atomic mass is 10.1. The van der Waals surface area contributed by atoms with Crippen molar-refractivity contribution >= 4 is 21.8 Å². The summed E-state index contributed by atoms with van der Waals surface area (Å²) in [4.78, 5) is 23.7. The van der Waals surface area contributed by atoms with Gasteiger partial charge in [0.15, 0.2) is 5.78 Å². The first kappa shape index (κ1) is 19.8. The van der Waals surface area contributed by atoms with Gasteiger partial charge in [-0.25, -0.2) is 13.2 Å². The Morgan fingerprint density at radius 2 is 1.58 bits per heavy atom. The van der Waals surface area contributed by atoms with Crippen LogP contribution in [-0.2, 0) is 10.0 Å². The third-order valence-electron chi connectivity index (χ3n) is 3.88. The standard InChI is InChI=1S/C19H21NO5S/c1-4-20(5-2)26(23,24)18-11-9-15(10-12-18)19(22)25-17-8-6-7-16(13-17)14(3)21/h6-13H,4-5H2,1-3H3. The molecule has 6 nitrogen and oxygen atoms in total. The van der Waals surface area contributed by atoms with E-state index in [-0.39, 0.29) is 22.0 Å². The quantitative estimate of drug-likeness (QED) is 0.422. The Morgan fingerprint density at radius 1 is 0.962 bits per heavy atom. The Labute approximate surface area is 153 Å². The SMILES string of the molecule is CCN(CC)S(=O)(=O)c1ccc(C(=O)Oc2cccc(C(C)=O)c2)cc1. The van der Waals surface area contributed by atoms with Gasteiger partial charge < -0.3 is 4.74 Å². The number of sulfonamides is 1. The third kappa shape index (κ3) is 4.36. The smallest absolute Gasteiger partial charge is 0.343 e. The summed E-state index contributed by atoms with van der Waals surface area (Å²) in [6.07, 6.45) is 0. The molecule has 2 aromatic carbocycles. The molecule has 0 amide bonds.